The molecular formula is C21H30N3O4S-. The number of amides is 2. The van der Waals surface area contributed by atoms with E-state index in [1.54, 1.807) is 4.90 Å². The number of nitrogens with zero attached hydrogens (tertiary/aromatic N) is 2. The predicted molar refractivity (Wildman–Crippen MR) is 112 cm³/mol. The average molecular weight is 421 g/mol. The van der Waals surface area contributed by atoms with Crippen LogP contribution in [0.2, 0.25) is 0 Å². The van der Waals surface area contributed by atoms with Crippen molar-refractivity contribution in [3.05, 3.63) is 29.8 Å². The van der Waals surface area contributed by atoms with Gasteiger partial charge in [0.2, 0.25) is 0 Å². The highest BCUT2D eigenvalue weighted by Crippen LogP contribution is 2.45. The van der Waals surface area contributed by atoms with E-state index < -0.39 is 22.9 Å². The molecule has 2 aliphatic rings. The van der Waals surface area contributed by atoms with Gasteiger partial charge in [-0.15, -0.1) is 0 Å². The van der Waals surface area contributed by atoms with Crippen molar-refractivity contribution in [3.63, 3.8) is 0 Å². The van der Waals surface area contributed by atoms with Crippen LogP contribution in [0.25, 0.3) is 0 Å². The van der Waals surface area contributed by atoms with Crippen molar-refractivity contribution in [1.82, 2.24) is 10.2 Å². The normalized spacial score (nSPS) is 19.6. The van der Waals surface area contributed by atoms with E-state index in [0.29, 0.717) is 26.2 Å². The van der Waals surface area contributed by atoms with Gasteiger partial charge in [0.25, 0.3) is 0 Å². The molecule has 1 aliphatic carbocycles. The molecule has 1 aliphatic heterocycles. The van der Waals surface area contributed by atoms with E-state index in [4.69, 9.17) is 0 Å². The van der Waals surface area contributed by atoms with E-state index in [9.17, 15) is 18.4 Å². The van der Waals surface area contributed by atoms with E-state index in [2.05, 4.69) is 43.1 Å². The summed E-state index contributed by atoms with van der Waals surface area (Å²) < 4.78 is 21.8. The van der Waals surface area contributed by atoms with Crippen LogP contribution in [0.15, 0.2) is 24.3 Å². The standard InChI is InChI=1S/C21H31N3O4S/c1-20(2,3)16-6-4-5-7-17(16)23-10-12-24(13-11-23)19(26)18(25)22-14-21(8-9-21)15-29(27)28/h4-7H,8-15H2,1-3H3,(H,22,25)(H,27,28)/p-1. The number of carbonyl (C=O) groups is 2. The van der Waals surface area contributed by atoms with Gasteiger partial charge in [0.15, 0.2) is 0 Å². The highest BCUT2D eigenvalue weighted by atomic mass is 32.2. The summed E-state index contributed by atoms with van der Waals surface area (Å²) in [5, 5.41) is 2.64. The molecule has 1 saturated heterocycles. The number of rotatable bonds is 5. The zero-order valence-electron chi connectivity index (χ0n) is 17.4. The minimum atomic E-state index is -2.14. The predicted octanol–water partition coefficient (Wildman–Crippen LogP) is 1.41. The lowest BCUT2D eigenvalue weighted by Gasteiger charge is -2.38. The van der Waals surface area contributed by atoms with Crippen molar-refractivity contribution in [3.8, 4) is 0 Å². The lowest BCUT2D eigenvalue weighted by atomic mass is 9.85. The summed E-state index contributed by atoms with van der Waals surface area (Å²) >= 11 is -2.14. The minimum Gasteiger partial charge on any atom is -0.772 e. The first-order chi connectivity index (χ1) is 13.6. The smallest absolute Gasteiger partial charge is 0.312 e. The van der Waals surface area contributed by atoms with Crippen LogP contribution in [0, 0.1) is 5.41 Å². The van der Waals surface area contributed by atoms with E-state index >= 15 is 0 Å². The zero-order valence-corrected chi connectivity index (χ0v) is 18.2. The second-order valence-corrected chi connectivity index (χ2v) is 10.1. The first-order valence-corrected chi connectivity index (χ1v) is 11.3. The SMILES string of the molecule is CC(C)(C)c1ccccc1N1CCN(C(=O)C(=O)NCC2(CS(=O)[O-])CC2)CC1. The lowest BCUT2D eigenvalue weighted by Crippen LogP contribution is -2.53. The third kappa shape index (κ3) is 5.36. The lowest BCUT2D eigenvalue weighted by molar-refractivity contribution is -0.146. The van der Waals surface area contributed by atoms with E-state index in [1.807, 2.05) is 12.1 Å². The van der Waals surface area contributed by atoms with Crippen LogP contribution < -0.4 is 10.2 Å². The highest BCUT2D eigenvalue weighted by molar-refractivity contribution is 7.79. The van der Waals surface area contributed by atoms with Crippen LogP contribution in [-0.4, -0.2) is 64.0 Å². The Bertz CT molecular complexity index is 793. The number of anilines is 1. The zero-order chi connectivity index (χ0) is 21.2. The van der Waals surface area contributed by atoms with Crippen LogP contribution in [0.1, 0.15) is 39.2 Å². The van der Waals surface area contributed by atoms with Crippen molar-refractivity contribution in [2.24, 2.45) is 5.41 Å². The number of piperazine rings is 1. The molecule has 0 spiro atoms. The Hall–Kier alpha value is -1.93. The summed E-state index contributed by atoms with van der Waals surface area (Å²) in [6.45, 7) is 9.11. The molecule has 0 aromatic heterocycles. The maximum Gasteiger partial charge on any atom is 0.312 e. The summed E-state index contributed by atoms with van der Waals surface area (Å²) in [5.74, 6) is -1.14. The molecule has 1 aromatic rings. The van der Waals surface area contributed by atoms with Crippen molar-refractivity contribution in [2.75, 3.05) is 43.4 Å². The van der Waals surface area contributed by atoms with Crippen LogP contribution in [0.4, 0.5) is 5.69 Å². The molecule has 8 heteroatoms. The van der Waals surface area contributed by atoms with Crippen LogP contribution >= 0.6 is 0 Å². The molecule has 1 heterocycles. The summed E-state index contributed by atoms with van der Waals surface area (Å²) in [6.07, 6.45) is 1.53. The number of hydrogen-bond acceptors (Lipinski definition) is 5. The Balaban J connectivity index is 1.54. The maximum absolute atomic E-state index is 12.5. The van der Waals surface area contributed by atoms with Gasteiger partial charge >= 0.3 is 11.8 Å². The summed E-state index contributed by atoms with van der Waals surface area (Å²) in [6, 6.07) is 8.32. The third-order valence-corrected chi connectivity index (χ3v) is 6.67. The van der Waals surface area contributed by atoms with Gasteiger partial charge in [0.1, 0.15) is 0 Å². The van der Waals surface area contributed by atoms with Crippen molar-refractivity contribution in [1.29, 1.82) is 0 Å². The summed E-state index contributed by atoms with van der Waals surface area (Å²) in [7, 11) is 0. The largest absolute Gasteiger partial charge is 0.772 e. The van der Waals surface area contributed by atoms with Gasteiger partial charge in [-0.3, -0.25) is 13.8 Å². The van der Waals surface area contributed by atoms with Gasteiger partial charge in [0, 0.05) is 44.2 Å². The van der Waals surface area contributed by atoms with Gasteiger partial charge in [-0.2, -0.15) is 0 Å². The van der Waals surface area contributed by atoms with Gasteiger partial charge in [-0.25, -0.2) is 0 Å². The molecule has 1 atom stereocenters. The molecule has 7 nitrogen and oxygen atoms in total. The number of para-hydroxylation sites is 1. The first kappa shape index (κ1) is 21.8. The van der Waals surface area contributed by atoms with E-state index in [1.165, 1.54) is 11.3 Å². The number of hydrogen-bond donors (Lipinski definition) is 1. The van der Waals surface area contributed by atoms with Crippen molar-refractivity contribution < 1.29 is 18.4 Å². The van der Waals surface area contributed by atoms with Gasteiger partial charge in [-0.05, 0) is 35.3 Å². The number of benzene rings is 1. The Morgan fingerprint density at radius 2 is 1.76 bits per heavy atom. The highest BCUT2D eigenvalue weighted by Gasteiger charge is 2.43. The molecule has 1 N–H and O–H groups in total. The van der Waals surface area contributed by atoms with E-state index in [-0.39, 0.29) is 23.1 Å². The second kappa shape index (κ2) is 8.44. The van der Waals surface area contributed by atoms with Crippen LogP contribution in [0.5, 0.6) is 0 Å². The first-order valence-electron chi connectivity index (χ1n) is 10.1. The van der Waals surface area contributed by atoms with Crippen LogP contribution in [-0.2, 0) is 26.1 Å². The molecule has 29 heavy (non-hydrogen) atoms. The number of nitrogens with one attached hydrogen (secondary N) is 1. The van der Waals surface area contributed by atoms with Gasteiger partial charge < -0.3 is 19.7 Å². The fourth-order valence-corrected chi connectivity index (χ4v) is 4.71. The Kier molecular flexibility index (Phi) is 6.33. The maximum atomic E-state index is 12.5. The quantitative estimate of drug-likeness (QED) is 0.574. The molecule has 2 fully saturated rings. The molecule has 1 saturated carbocycles. The molecule has 160 valence electrons. The number of carbonyl (C=O) groups excluding carboxylic acids is 2. The molecule has 2 amide bonds. The average Bonchev–Trinajstić information content (AvgIpc) is 3.44. The summed E-state index contributed by atoms with van der Waals surface area (Å²) in [5.41, 5.74) is 2.09. The Labute approximate surface area is 175 Å². The summed E-state index contributed by atoms with van der Waals surface area (Å²) in [4.78, 5) is 28.6. The fraction of sp³-hybridized carbons (Fsp3) is 0.619. The fourth-order valence-electron chi connectivity index (χ4n) is 3.82. The molecule has 1 unspecified atom stereocenters. The molecular weight excluding hydrogens is 390 g/mol. The minimum absolute atomic E-state index is 0.0238. The topological polar surface area (TPSA) is 92.8 Å². The van der Waals surface area contributed by atoms with E-state index in [0.717, 1.165) is 12.8 Å². The van der Waals surface area contributed by atoms with Gasteiger partial charge in [-0.1, -0.05) is 50.1 Å². The van der Waals surface area contributed by atoms with Crippen molar-refractivity contribution in [2.45, 2.75) is 39.0 Å². The Morgan fingerprint density at radius 1 is 1.14 bits per heavy atom. The van der Waals surface area contributed by atoms with Gasteiger partial charge in [0.05, 0.1) is 0 Å². The molecule has 0 bridgehead atoms. The molecule has 1 aromatic carbocycles. The monoisotopic (exact) mass is 420 g/mol. The molecule has 0 radical (unpaired) electrons. The Morgan fingerprint density at radius 3 is 2.31 bits per heavy atom. The second-order valence-electron chi connectivity index (χ2n) is 9.18. The third-order valence-electron chi connectivity index (χ3n) is 5.82. The van der Waals surface area contributed by atoms with Crippen molar-refractivity contribution >= 4 is 28.6 Å². The van der Waals surface area contributed by atoms with Crippen LogP contribution in [0.3, 0.4) is 0 Å². The molecule has 3 rings (SSSR count).